The van der Waals surface area contributed by atoms with Crippen LogP contribution in [0.2, 0.25) is 0 Å². The number of hydrogen-bond acceptors (Lipinski definition) is 5. The van der Waals surface area contributed by atoms with E-state index < -0.39 is 6.04 Å². The summed E-state index contributed by atoms with van der Waals surface area (Å²) < 4.78 is 2.26. The van der Waals surface area contributed by atoms with E-state index in [2.05, 4.69) is 4.99 Å². The Kier molecular flexibility index (Phi) is 5.26. The monoisotopic (exact) mass is 417 g/mol. The van der Waals surface area contributed by atoms with Gasteiger partial charge in [0, 0.05) is 31.1 Å². The summed E-state index contributed by atoms with van der Waals surface area (Å²) in [6, 6.07) is 17.2. The van der Waals surface area contributed by atoms with Gasteiger partial charge in [0.05, 0.1) is 10.6 Å². The maximum Gasteiger partial charge on any atom is 0.271 e. The SMILES string of the molecule is CC(=O)C1=C(C)N=c2s/c(=C/c3ccc(N(C)C)cc3)c(=O)n2C1c1ccccc1. The number of rotatable bonds is 4. The molecule has 0 N–H and O–H groups in total. The van der Waals surface area contributed by atoms with Crippen molar-refractivity contribution in [3.8, 4) is 0 Å². The number of anilines is 1. The first-order chi connectivity index (χ1) is 14.4. The predicted molar refractivity (Wildman–Crippen MR) is 122 cm³/mol. The van der Waals surface area contributed by atoms with Crippen LogP contribution in [0.15, 0.2) is 75.7 Å². The van der Waals surface area contributed by atoms with Crippen molar-refractivity contribution in [1.29, 1.82) is 0 Å². The molecule has 1 atom stereocenters. The molecule has 3 aromatic rings. The lowest BCUT2D eigenvalue weighted by atomic mass is 9.93. The molecule has 152 valence electrons. The molecule has 2 heterocycles. The van der Waals surface area contributed by atoms with E-state index >= 15 is 0 Å². The van der Waals surface area contributed by atoms with Gasteiger partial charge in [-0.25, -0.2) is 4.99 Å². The molecule has 0 fully saturated rings. The zero-order valence-electron chi connectivity index (χ0n) is 17.4. The molecule has 1 aromatic heterocycles. The molecule has 6 heteroatoms. The van der Waals surface area contributed by atoms with Gasteiger partial charge in [-0.05, 0) is 43.2 Å². The summed E-state index contributed by atoms with van der Waals surface area (Å²) in [4.78, 5) is 33.1. The summed E-state index contributed by atoms with van der Waals surface area (Å²) in [6.45, 7) is 3.37. The number of allylic oxidation sites excluding steroid dienone is 2. The van der Waals surface area contributed by atoms with Crippen LogP contribution in [0.5, 0.6) is 0 Å². The molecule has 1 aliphatic heterocycles. The zero-order chi connectivity index (χ0) is 21.4. The van der Waals surface area contributed by atoms with Crippen LogP contribution in [0, 0.1) is 0 Å². The number of benzene rings is 2. The molecule has 2 aromatic carbocycles. The number of Topliss-reactive ketones (excluding diaryl/α,β-unsaturated/α-hetero) is 1. The molecular weight excluding hydrogens is 394 g/mol. The quantitative estimate of drug-likeness (QED) is 0.656. The first kappa shape index (κ1) is 20.0. The fourth-order valence-corrected chi connectivity index (χ4v) is 4.79. The lowest BCUT2D eigenvalue weighted by Crippen LogP contribution is -2.39. The second-order valence-corrected chi connectivity index (χ2v) is 8.54. The number of fused-ring (bicyclic) bond motifs is 1. The number of thiazole rings is 1. The Morgan fingerprint density at radius 3 is 2.37 bits per heavy atom. The molecule has 0 radical (unpaired) electrons. The Hall–Kier alpha value is -3.25. The molecule has 1 aliphatic rings. The minimum absolute atomic E-state index is 0.0707. The number of ketones is 1. The molecular formula is C24H23N3O2S. The van der Waals surface area contributed by atoms with Gasteiger partial charge >= 0.3 is 0 Å². The van der Waals surface area contributed by atoms with E-state index in [0.29, 0.717) is 20.6 Å². The summed E-state index contributed by atoms with van der Waals surface area (Å²) in [5.74, 6) is -0.0707. The summed E-state index contributed by atoms with van der Waals surface area (Å²) >= 11 is 1.36. The Balaban J connectivity index is 1.91. The summed E-state index contributed by atoms with van der Waals surface area (Å²) in [5.41, 5.74) is 4.05. The van der Waals surface area contributed by atoms with Crippen LogP contribution in [-0.2, 0) is 4.79 Å². The van der Waals surface area contributed by atoms with E-state index in [4.69, 9.17) is 0 Å². The Bertz CT molecular complexity index is 1310. The van der Waals surface area contributed by atoms with Crippen molar-refractivity contribution >= 4 is 28.9 Å². The first-order valence-corrected chi connectivity index (χ1v) is 10.5. The van der Waals surface area contributed by atoms with Crippen LogP contribution in [0.3, 0.4) is 0 Å². The maximum atomic E-state index is 13.4. The molecule has 5 nitrogen and oxygen atoms in total. The minimum atomic E-state index is -0.460. The summed E-state index contributed by atoms with van der Waals surface area (Å²) in [7, 11) is 3.98. The van der Waals surface area contributed by atoms with E-state index in [0.717, 1.165) is 16.8 Å². The highest BCUT2D eigenvalue weighted by Crippen LogP contribution is 2.29. The molecule has 4 rings (SSSR count). The lowest BCUT2D eigenvalue weighted by molar-refractivity contribution is -0.114. The van der Waals surface area contributed by atoms with E-state index in [-0.39, 0.29) is 11.3 Å². The highest BCUT2D eigenvalue weighted by atomic mass is 32.1. The molecule has 0 bridgehead atoms. The first-order valence-electron chi connectivity index (χ1n) is 9.72. The van der Waals surface area contributed by atoms with Gasteiger partial charge in [-0.1, -0.05) is 53.8 Å². The summed E-state index contributed by atoms with van der Waals surface area (Å²) in [5, 5.41) is 0. The van der Waals surface area contributed by atoms with E-state index in [1.54, 1.807) is 4.57 Å². The molecule has 0 saturated heterocycles. The van der Waals surface area contributed by atoms with E-state index in [1.807, 2.05) is 86.6 Å². The highest BCUT2D eigenvalue weighted by molar-refractivity contribution is 7.07. The Labute approximate surface area is 178 Å². The number of carbonyl (C=O) groups is 1. The zero-order valence-corrected chi connectivity index (χ0v) is 18.2. The average Bonchev–Trinajstić information content (AvgIpc) is 3.02. The normalized spacial score (nSPS) is 16.3. The second kappa shape index (κ2) is 7.88. The standard InChI is InChI=1S/C24H23N3O2S/c1-15-21(16(2)28)22(18-8-6-5-7-9-18)27-23(29)20(30-24(27)25-15)14-17-10-12-19(13-11-17)26(3)4/h5-14,22H,1-4H3/b20-14+. The fraction of sp³-hybridized carbons (Fsp3) is 0.208. The van der Waals surface area contributed by atoms with Gasteiger partial charge < -0.3 is 4.90 Å². The summed E-state index contributed by atoms with van der Waals surface area (Å²) in [6.07, 6.45) is 1.89. The van der Waals surface area contributed by atoms with Crippen molar-refractivity contribution in [2.24, 2.45) is 4.99 Å². The highest BCUT2D eigenvalue weighted by Gasteiger charge is 2.30. The van der Waals surface area contributed by atoms with Gasteiger partial charge in [-0.2, -0.15) is 0 Å². The van der Waals surface area contributed by atoms with Crippen LogP contribution in [0.25, 0.3) is 6.08 Å². The number of aromatic nitrogens is 1. The third kappa shape index (κ3) is 3.55. The Morgan fingerprint density at radius 2 is 1.77 bits per heavy atom. The van der Waals surface area contributed by atoms with Crippen LogP contribution in [-0.4, -0.2) is 24.4 Å². The van der Waals surface area contributed by atoms with Crippen molar-refractivity contribution in [1.82, 2.24) is 4.57 Å². The molecule has 30 heavy (non-hydrogen) atoms. The minimum Gasteiger partial charge on any atom is -0.378 e. The second-order valence-electron chi connectivity index (χ2n) is 7.53. The van der Waals surface area contributed by atoms with Gasteiger partial charge in [0.15, 0.2) is 10.6 Å². The largest absolute Gasteiger partial charge is 0.378 e. The van der Waals surface area contributed by atoms with E-state index in [1.165, 1.54) is 18.3 Å². The van der Waals surface area contributed by atoms with Crippen LogP contribution in [0.1, 0.15) is 31.0 Å². The third-order valence-corrected chi connectivity index (χ3v) is 6.21. The van der Waals surface area contributed by atoms with Gasteiger partial charge in [0.25, 0.3) is 5.56 Å². The van der Waals surface area contributed by atoms with Gasteiger partial charge in [0.2, 0.25) is 0 Å². The molecule has 1 unspecified atom stereocenters. The molecule has 0 spiro atoms. The van der Waals surface area contributed by atoms with Crippen molar-refractivity contribution in [3.63, 3.8) is 0 Å². The van der Waals surface area contributed by atoms with Crippen LogP contribution in [0.4, 0.5) is 5.69 Å². The van der Waals surface area contributed by atoms with Crippen molar-refractivity contribution in [2.45, 2.75) is 19.9 Å². The number of carbonyl (C=O) groups excluding carboxylic acids is 1. The van der Waals surface area contributed by atoms with Crippen LogP contribution >= 0.6 is 11.3 Å². The van der Waals surface area contributed by atoms with Crippen molar-refractivity contribution < 1.29 is 4.79 Å². The fourth-order valence-electron chi connectivity index (χ4n) is 3.74. The van der Waals surface area contributed by atoms with E-state index in [9.17, 15) is 9.59 Å². The number of nitrogens with zero attached hydrogens (tertiary/aromatic N) is 3. The van der Waals surface area contributed by atoms with Crippen LogP contribution < -0.4 is 19.8 Å². The lowest BCUT2D eigenvalue weighted by Gasteiger charge is -2.24. The van der Waals surface area contributed by atoms with Crippen molar-refractivity contribution in [2.75, 3.05) is 19.0 Å². The van der Waals surface area contributed by atoms with Gasteiger partial charge in [-0.15, -0.1) is 0 Å². The maximum absolute atomic E-state index is 13.4. The molecule has 0 amide bonds. The van der Waals surface area contributed by atoms with Gasteiger partial charge in [-0.3, -0.25) is 14.2 Å². The smallest absolute Gasteiger partial charge is 0.271 e. The van der Waals surface area contributed by atoms with Gasteiger partial charge in [0.1, 0.15) is 0 Å². The number of hydrogen-bond donors (Lipinski definition) is 0. The topological polar surface area (TPSA) is 54.7 Å². The average molecular weight is 418 g/mol. The van der Waals surface area contributed by atoms with Crippen molar-refractivity contribution in [3.05, 3.63) is 96.7 Å². The molecule has 0 saturated carbocycles. The third-order valence-electron chi connectivity index (χ3n) is 5.22. The molecule has 0 aliphatic carbocycles. The predicted octanol–water partition coefficient (Wildman–Crippen LogP) is 2.89. The Morgan fingerprint density at radius 1 is 1.10 bits per heavy atom.